The molecule has 0 aromatic carbocycles. The number of carbonyl (C=O) groups excluding carboxylic acids is 1. The highest BCUT2D eigenvalue weighted by molar-refractivity contribution is 6.05. The maximum Gasteiger partial charge on any atom is 0.331 e. The van der Waals surface area contributed by atoms with Gasteiger partial charge in [0.2, 0.25) is 5.95 Å². The van der Waals surface area contributed by atoms with Crippen LogP contribution in [0.3, 0.4) is 0 Å². The van der Waals surface area contributed by atoms with E-state index in [9.17, 15) is 18.8 Å². The Morgan fingerprint density at radius 1 is 1.10 bits per heavy atom. The van der Waals surface area contributed by atoms with E-state index >= 15 is 0 Å². The fourth-order valence-corrected chi connectivity index (χ4v) is 4.94. The molecule has 1 saturated heterocycles. The summed E-state index contributed by atoms with van der Waals surface area (Å²) >= 11 is 0. The van der Waals surface area contributed by atoms with E-state index in [4.69, 9.17) is 4.74 Å². The first kappa shape index (κ1) is 26.5. The summed E-state index contributed by atoms with van der Waals surface area (Å²) in [5.41, 5.74) is 1.84. The van der Waals surface area contributed by atoms with Crippen LogP contribution < -0.4 is 16.1 Å². The molecule has 5 heterocycles. The number of rotatable bonds is 9. The SMILES string of the molecule is CCCn1c(=O)c2[nH]c(-c3ccc(N(CC4CCCO4)C(=O)c4ccc(F)nc4)nc3)cc2n(CCC)c1=O. The summed E-state index contributed by atoms with van der Waals surface area (Å²) in [7, 11) is 0. The summed E-state index contributed by atoms with van der Waals surface area (Å²) in [4.78, 5) is 52.4. The Hall–Kier alpha value is -4.12. The summed E-state index contributed by atoms with van der Waals surface area (Å²) < 4.78 is 22.0. The number of nitrogens with one attached hydrogen (secondary N) is 1. The lowest BCUT2D eigenvalue weighted by atomic mass is 10.1. The third-order valence-corrected chi connectivity index (χ3v) is 6.87. The molecule has 0 saturated carbocycles. The van der Waals surface area contributed by atoms with Gasteiger partial charge in [-0.25, -0.2) is 14.8 Å². The number of carbonyl (C=O) groups is 1. The molecule has 4 aromatic rings. The number of aromatic amines is 1. The first-order chi connectivity index (χ1) is 18.9. The molecule has 5 rings (SSSR count). The molecule has 1 N–H and O–H groups in total. The van der Waals surface area contributed by atoms with E-state index in [2.05, 4.69) is 15.0 Å². The second-order valence-electron chi connectivity index (χ2n) is 9.66. The number of ether oxygens (including phenoxy) is 1. The third-order valence-electron chi connectivity index (χ3n) is 6.87. The van der Waals surface area contributed by atoms with Gasteiger partial charge in [-0.1, -0.05) is 13.8 Å². The van der Waals surface area contributed by atoms with E-state index in [1.807, 2.05) is 13.8 Å². The van der Waals surface area contributed by atoms with Crippen LogP contribution in [-0.4, -0.2) is 49.2 Å². The first-order valence-electron chi connectivity index (χ1n) is 13.3. The number of pyridine rings is 2. The largest absolute Gasteiger partial charge is 0.376 e. The fraction of sp³-hybridized carbons (Fsp3) is 0.393. The van der Waals surface area contributed by atoms with Crippen LogP contribution in [0.4, 0.5) is 10.2 Å². The quantitative estimate of drug-likeness (QED) is 0.327. The van der Waals surface area contributed by atoms with E-state index in [0.717, 1.165) is 25.3 Å². The van der Waals surface area contributed by atoms with Gasteiger partial charge in [-0.3, -0.25) is 23.6 Å². The zero-order valence-corrected chi connectivity index (χ0v) is 22.0. The Morgan fingerprint density at radius 2 is 1.90 bits per heavy atom. The Balaban J connectivity index is 1.51. The van der Waals surface area contributed by atoms with Crippen molar-refractivity contribution in [3.63, 3.8) is 0 Å². The molecule has 10 nitrogen and oxygen atoms in total. The van der Waals surface area contributed by atoms with E-state index in [0.29, 0.717) is 60.8 Å². The van der Waals surface area contributed by atoms with Crippen LogP contribution in [0, 0.1) is 5.95 Å². The maximum absolute atomic E-state index is 13.4. The van der Waals surface area contributed by atoms with Gasteiger partial charge in [-0.15, -0.1) is 0 Å². The van der Waals surface area contributed by atoms with Crippen molar-refractivity contribution in [1.29, 1.82) is 0 Å². The normalized spacial score (nSPS) is 15.2. The molecule has 4 aromatic heterocycles. The van der Waals surface area contributed by atoms with Crippen LogP contribution in [-0.2, 0) is 17.8 Å². The highest BCUT2D eigenvalue weighted by Crippen LogP contribution is 2.25. The molecule has 1 unspecified atom stereocenters. The standard InChI is InChI=1S/C28H31FN6O4/c1-3-11-33-22-14-21(32-25(22)27(37)34(12-4-2)28(33)38)18-8-10-24(31-15-18)35(17-20-6-5-13-39-20)26(36)19-7-9-23(29)30-16-19/h7-10,14-16,20,32H,3-6,11-13,17H2,1-2H3. The highest BCUT2D eigenvalue weighted by atomic mass is 19.1. The molecule has 1 amide bonds. The molecule has 11 heteroatoms. The lowest BCUT2D eigenvalue weighted by Crippen LogP contribution is -2.39. The van der Waals surface area contributed by atoms with Gasteiger partial charge in [0.1, 0.15) is 11.3 Å². The topological polar surface area (TPSA) is 115 Å². The van der Waals surface area contributed by atoms with Gasteiger partial charge >= 0.3 is 5.69 Å². The van der Waals surface area contributed by atoms with Gasteiger partial charge in [0.05, 0.1) is 23.7 Å². The van der Waals surface area contributed by atoms with Crippen molar-refractivity contribution >= 4 is 22.8 Å². The zero-order chi connectivity index (χ0) is 27.5. The van der Waals surface area contributed by atoms with Crippen molar-refractivity contribution in [3.05, 3.63) is 75.1 Å². The minimum Gasteiger partial charge on any atom is -0.376 e. The average molecular weight is 535 g/mol. The molecule has 1 fully saturated rings. The van der Waals surface area contributed by atoms with E-state index in [1.165, 1.54) is 21.7 Å². The van der Waals surface area contributed by atoms with Gasteiger partial charge < -0.3 is 9.72 Å². The predicted molar refractivity (Wildman–Crippen MR) is 145 cm³/mol. The summed E-state index contributed by atoms with van der Waals surface area (Å²) in [5.74, 6) is -0.611. The van der Waals surface area contributed by atoms with Crippen LogP contribution in [0.15, 0.2) is 52.3 Å². The number of H-pyrrole nitrogens is 1. The predicted octanol–water partition coefficient (Wildman–Crippen LogP) is 3.73. The van der Waals surface area contributed by atoms with Gasteiger partial charge in [-0.05, 0) is 56.0 Å². The Morgan fingerprint density at radius 3 is 2.54 bits per heavy atom. The minimum atomic E-state index is -0.663. The molecular weight excluding hydrogens is 503 g/mol. The summed E-state index contributed by atoms with van der Waals surface area (Å²) in [5, 5.41) is 0. The van der Waals surface area contributed by atoms with Crippen molar-refractivity contribution in [2.75, 3.05) is 18.1 Å². The van der Waals surface area contributed by atoms with Crippen LogP contribution >= 0.6 is 0 Å². The smallest absolute Gasteiger partial charge is 0.331 e. The van der Waals surface area contributed by atoms with Crippen molar-refractivity contribution in [2.45, 2.75) is 58.7 Å². The van der Waals surface area contributed by atoms with Gasteiger partial charge in [0, 0.05) is 43.3 Å². The third kappa shape index (κ3) is 5.26. The molecule has 0 bridgehead atoms. The molecule has 1 aliphatic rings. The van der Waals surface area contributed by atoms with Crippen molar-refractivity contribution in [2.24, 2.45) is 0 Å². The van der Waals surface area contributed by atoms with Crippen LogP contribution in [0.1, 0.15) is 49.9 Å². The number of aryl methyl sites for hydroxylation is 1. The lowest BCUT2D eigenvalue weighted by Gasteiger charge is -2.24. The lowest BCUT2D eigenvalue weighted by molar-refractivity contribution is 0.0915. The van der Waals surface area contributed by atoms with Crippen LogP contribution in [0.2, 0.25) is 0 Å². The van der Waals surface area contributed by atoms with Gasteiger partial charge in [0.15, 0.2) is 0 Å². The number of aromatic nitrogens is 5. The van der Waals surface area contributed by atoms with Crippen LogP contribution in [0.25, 0.3) is 22.3 Å². The Labute approximate surface area is 224 Å². The molecule has 0 spiro atoms. The van der Waals surface area contributed by atoms with Crippen molar-refractivity contribution < 1.29 is 13.9 Å². The first-order valence-corrected chi connectivity index (χ1v) is 13.3. The molecule has 1 atom stereocenters. The van der Waals surface area contributed by atoms with E-state index in [1.54, 1.807) is 29.0 Å². The Bertz CT molecular complexity index is 1580. The minimum absolute atomic E-state index is 0.127. The monoisotopic (exact) mass is 534 g/mol. The maximum atomic E-state index is 13.4. The number of amides is 1. The zero-order valence-electron chi connectivity index (χ0n) is 22.0. The number of hydrogen-bond acceptors (Lipinski definition) is 6. The summed E-state index contributed by atoms with van der Waals surface area (Å²) in [6.07, 6.45) is 5.85. The fourth-order valence-electron chi connectivity index (χ4n) is 4.94. The number of fused-ring (bicyclic) bond motifs is 1. The van der Waals surface area contributed by atoms with Crippen molar-refractivity contribution in [1.82, 2.24) is 24.1 Å². The molecule has 0 radical (unpaired) electrons. The Kier molecular flexibility index (Phi) is 7.69. The number of halogens is 1. The van der Waals surface area contributed by atoms with E-state index < -0.39 is 5.95 Å². The number of hydrogen-bond donors (Lipinski definition) is 1. The average Bonchev–Trinajstić information content (AvgIpc) is 3.63. The number of nitrogens with zero attached hydrogens (tertiary/aromatic N) is 5. The van der Waals surface area contributed by atoms with Crippen molar-refractivity contribution in [3.8, 4) is 11.3 Å². The number of anilines is 1. The molecule has 0 aliphatic carbocycles. The second kappa shape index (κ2) is 11.3. The molecular formula is C28H31FN6O4. The molecule has 204 valence electrons. The van der Waals surface area contributed by atoms with Gasteiger partial charge in [-0.2, -0.15) is 4.39 Å². The summed E-state index contributed by atoms with van der Waals surface area (Å²) in [6.45, 7) is 5.69. The van der Waals surface area contributed by atoms with E-state index in [-0.39, 0.29) is 28.8 Å². The molecule has 39 heavy (non-hydrogen) atoms. The van der Waals surface area contributed by atoms with Gasteiger partial charge in [0.25, 0.3) is 11.5 Å². The summed E-state index contributed by atoms with van der Waals surface area (Å²) in [6, 6.07) is 7.86. The second-order valence-corrected chi connectivity index (χ2v) is 9.66. The molecule has 1 aliphatic heterocycles. The highest BCUT2D eigenvalue weighted by Gasteiger charge is 2.26. The van der Waals surface area contributed by atoms with Crippen LogP contribution in [0.5, 0.6) is 0 Å².